The molecule has 2 aromatic carbocycles. The minimum absolute atomic E-state index is 0.264. The monoisotopic (exact) mass is 416 g/mol. The molecular weight excluding hydrogens is 388 g/mol. The number of rotatable bonds is 10. The molecule has 0 saturated heterocycles. The predicted octanol–water partition coefficient (Wildman–Crippen LogP) is 3.53. The lowest BCUT2D eigenvalue weighted by Crippen LogP contribution is -2.45. The molecule has 2 aromatic rings. The fraction of sp³-hybridized carbons (Fsp3) is 0.429. The molecule has 0 radical (unpaired) electrons. The Bertz CT molecular complexity index is 883. The van der Waals surface area contributed by atoms with Crippen LogP contribution in [0, 0.1) is 0 Å². The number of amides is 2. The second kappa shape index (κ2) is 9.04. The summed E-state index contributed by atoms with van der Waals surface area (Å²) in [5.74, 6) is -0.527. The molecule has 1 N–H and O–H groups in total. The largest absolute Gasteiger partial charge is 0.500 e. The van der Waals surface area contributed by atoms with Crippen LogP contribution in [-0.2, 0) is 13.3 Å². The minimum Gasteiger partial charge on any atom is -0.385 e. The zero-order valence-corrected chi connectivity index (χ0v) is 18.4. The normalized spacial score (nSPS) is 14.0. The summed E-state index contributed by atoms with van der Waals surface area (Å²) in [6, 6.07) is 9.85. The van der Waals surface area contributed by atoms with E-state index in [4.69, 9.17) is 13.3 Å². The zero-order chi connectivity index (χ0) is 21.0. The van der Waals surface area contributed by atoms with E-state index in [1.165, 1.54) is 4.90 Å². The van der Waals surface area contributed by atoms with Gasteiger partial charge in [0, 0.05) is 68.0 Å². The van der Waals surface area contributed by atoms with Crippen molar-refractivity contribution in [1.82, 2.24) is 4.90 Å². The minimum atomic E-state index is -2.74. The van der Waals surface area contributed by atoms with Gasteiger partial charge in [0.1, 0.15) is 0 Å². The Kier molecular flexibility index (Phi) is 6.69. The lowest BCUT2D eigenvalue weighted by atomic mass is 9.93. The first kappa shape index (κ1) is 21.4. The first-order chi connectivity index (χ1) is 14.0. The molecule has 29 heavy (non-hydrogen) atoms. The average Bonchev–Trinajstić information content (AvgIpc) is 2.76. The smallest absolute Gasteiger partial charge is 0.385 e. The number of benzene rings is 2. The van der Waals surface area contributed by atoms with Crippen LogP contribution in [0.5, 0.6) is 0 Å². The molecule has 2 amide bonds. The van der Waals surface area contributed by atoms with Crippen LogP contribution < -0.4 is 5.32 Å². The maximum absolute atomic E-state index is 13.1. The molecule has 0 atom stereocenters. The Labute approximate surface area is 172 Å². The van der Waals surface area contributed by atoms with Crippen molar-refractivity contribution in [2.75, 3.05) is 39.7 Å². The number of nitrogens with one attached hydrogen (secondary N) is 1. The second-order valence-electron chi connectivity index (χ2n) is 6.98. The average molecular weight is 417 g/mol. The molecule has 1 aliphatic rings. The van der Waals surface area contributed by atoms with E-state index < -0.39 is 8.80 Å². The standard InChI is InChI=1S/C21H28N2O5Si/c1-5-12-22-18-11-10-17-19-15(18)8-6-9-16(19)20(24)23(21(17)25)13-7-14-29(26-2,27-3)28-4/h6,8-11,22H,5,7,12-14H2,1-4H3. The van der Waals surface area contributed by atoms with Crippen molar-refractivity contribution in [3.05, 3.63) is 41.5 Å². The number of hydrogen-bond donors (Lipinski definition) is 1. The Morgan fingerprint density at radius 2 is 1.62 bits per heavy atom. The summed E-state index contributed by atoms with van der Waals surface area (Å²) >= 11 is 0. The molecule has 7 nitrogen and oxygen atoms in total. The molecule has 1 aliphatic heterocycles. The van der Waals surface area contributed by atoms with Gasteiger partial charge in [-0.1, -0.05) is 19.1 Å². The van der Waals surface area contributed by atoms with Crippen LogP contribution in [0.1, 0.15) is 40.5 Å². The summed E-state index contributed by atoms with van der Waals surface area (Å²) in [4.78, 5) is 27.5. The van der Waals surface area contributed by atoms with E-state index in [1.54, 1.807) is 27.4 Å². The van der Waals surface area contributed by atoms with Crippen LogP contribution in [0.4, 0.5) is 5.69 Å². The molecule has 8 heteroatoms. The maximum atomic E-state index is 13.1. The van der Waals surface area contributed by atoms with Gasteiger partial charge in [0.25, 0.3) is 11.8 Å². The Balaban J connectivity index is 1.87. The number of nitrogens with zero attached hydrogens (tertiary/aromatic N) is 1. The van der Waals surface area contributed by atoms with Crippen LogP contribution in [0.15, 0.2) is 30.3 Å². The van der Waals surface area contributed by atoms with E-state index in [9.17, 15) is 9.59 Å². The van der Waals surface area contributed by atoms with Crippen LogP contribution in [0.2, 0.25) is 6.04 Å². The van der Waals surface area contributed by atoms with Crippen molar-refractivity contribution in [2.45, 2.75) is 25.8 Å². The quantitative estimate of drug-likeness (QED) is 0.472. The summed E-state index contributed by atoms with van der Waals surface area (Å²) in [6.07, 6.45) is 1.53. The van der Waals surface area contributed by atoms with Crippen LogP contribution >= 0.6 is 0 Å². The molecule has 3 rings (SSSR count). The molecule has 0 aliphatic carbocycles. The highest BCUT2D eigenvalue weighted by Gasteiger charge is 2.39. The lowest BCUT2D eigenvalue weighted by molar-refractivity contribution is 0.0604. The molecule has 0 spiro atoms. The van der Waals surface area contributed by atoms with Gasteiger partial charge < -0.3 is 18.6 Å². The highest BCUT2D eigenvalue weighted by Crippen LogP contribution is 2.34. The van der Waals surface area contributed by atoms with Gasteiger partial charge in [-0.3, -0.25) is 14.5 Å². The van der Waals surface area contributed by atoms with Crippen molar-refractivity contribution in [3.63, 3.8) is 0 Å². The van der Waals surface area contributed by atoms with E-state index >= 15 is 0 Å². The highest BCUT2D eigenvalue weighted by atomic mass is 28.4. The van der Waals surface area contributed by atoms with E-state index in [0.717, 1.165) is 29.4 Å². The number of carbonyl (C=O) groups is 2. The van der Waals surface area contributed by atoms with Crippen LogP contribution in [-0.4, -0.2) is 59.9 Å². The first-order valence-electron chi connectivity index (χ1n) is 9.83. The van der Waals surface area contributed by atoms with E-state index in [1.807, 2.05) is 24.3 Å². The summed E-state index contributed by atoms with van der Waals surface area (Å²) in [7, 11) is 1.91. The topological polar surface area (TPSA) is 77.1 Å². The van der Waals surface area contributed by atoms with Crippen molar-refractivity contribution in [3.8, 4) is 0 Å². The van der Waals surface area contributed by atoms with Crippen LogP contribution in [0.25, 0.3) is 10.8 Å². The maximum Gasteiger partial charge on any atom is 0.500 e. The van der Waals surface area contributed by atoms with Gasteiger partial charge in [0.15, 0.2) is 0 Å². The Hall–Kier alpha value is -2.26. The molecular formula is C21H28N2O5Si. The van der Waals surface area contributed by atoms with E-state index in [-0.39, 0.29) is 18.4 Å². The second-order valence-corrected chi connectivity index (χ2v) is 10.1. The predicted molar refractivity (Wildman–Crippen MR) is 114 cm³/mol. The Morgan fingerprint density at radius 3 is 2.24 bits per heavy atom. The molecule has 156 valence electrons. The molecule has 0 fully saturated rings. The number of hydrogen-bond acceptors (Lipinski definition) is 6. The third kappa shape index (κ3) is 3.93. The third-order valence-electron chi connectivity index (χ3n) is 5.35. The molecule has 0 saturated carbocycles. The van der Waals surface area contributed by atoms with Gasteiger partial charge in [0.05, 0.1) is 0 Å². The van der Waals surface area contributed by atoms with Crippen molar-refractivity contribution < 1.29 is 22.9 Å². The summed E-state index contributed by atoms with van der Waals surface area (Å²) in [5, 5.41) is 5.01. The van der Waals surface area contributed by atoms with Crippen molar-refractivity contribution >= 4 is 37.1 Å². The van der Waals surface area contributed by atoms with E-state index in [2.05, 4.69) is 12.2 Å². The molecule has 0 aromatic heterocycles. The van der Waals surface area contributed by atoms with Gasteiger partial charge >= 0.3 is 8.80 Å². The van der Waals surface area contributed by atoms with Gasteiger partial charge in [-0.05, 0) is 31.0 Å². The number of anilines is 1. The Morgan fingerprint density at radius 1 is 0.966 bits per heavy atom. The van der Waals surface area contributed by atoms with Crippen LogP contribution in [0.3, 0.4) is 0 Å². The summed E-state index contributed by atoms with van der Waals surface area (Å²) in [5.41, 5.74) is 2.06. The molecule has 1 heterocycles. The first-order valence-corrected chi connectivity index (χ1v) is 11.8. The summed E-state index contributed by atoms with van der Waals surface area (Å²) in [6.45, 7) is 3.21. The molecule has 0 unspecified atom stereocenters. The van der Waals surface area contributed by atoms with Gasteiger partial charge in [0.2, 0.25) is 0 Å². The SMILES string of the molecule is CCCNc1ccc2c3c(cccc13)C(=O)N(CCC[Si](OC)(OC)OC)C2=O. The molecule has 0 bridgehead atoms. The van der Waals surface area contributed by atoms with Gasteiger partial charge in [-0.25, -0.2) is 0 Å². The van der Waals surface area contributed by atoms with Gasteiger partial charge in [-0.15, -0.1) is 0 Å². The number of imide groups is 1. The third-order valence-corrected chi connectivity index (χ3v) is 8.19. The van der Waals surface area contributed by atoms with Crippen molar-refractivity contribution in [1.29, 1.82) is 0 Å². The fourth-order valence-corrected chi connectivity index (χ4v) is 5.48. The fourth-order valence-electron chi connectivity index (χ4n) is 3.77. The highest BCUT2D eigenvalue weighted by molar-refractivity contribution is 6.60. The zero-order valence-electron chi connectivity index (χ0n) is 17.4. The van der Waals surface area contributed by atoms with Crippen molar-refractivity contribution in [2.24, 2.45) is 0 Å². The lowest BCUT2D eigenvalue weighted by Gasteiger charge is -2.29. The van der Waals surface area contributed by atoms with E-state index in [0.29, 0.717) is 23.6 Å². The number of carbonyl (C=O) groups excluding carboxylic acids is 2. The summed E-state index contributed by atoms with van der Waals surface area (Å²) < 4.78 is 16.3. The van der Waals surface area contributed by atoms with Gasteiger partial charge in [-0.2, -0.15) is 0 Å².